The van der Waals surface area contributed by atoms with Crippen LogP contribution in [0.3, 0.4) is 0 Å². The van der Waals surface area contributed by atoms with E-state index in [1.807, 2.05) is 45.0 Å². The number of sulfonamides is 1. The molecule has 0 aromatic heterocycles. The van der Waals surface area contributed by atoms with Gasteiger partial charge in [0.05, 0.1) is 23.7 Å². The van der Waals surface area contributed by atoms with Crippen LogP contribution in [0.4, 0.5) is 5.69 Å². The predicted octanol–water partition coefficient (Wildman–Crippen LogP) is 3.76. The molecule has 34 heavy (non-hydrogen) atoms. The van der Waals surface area contributed by atoms with E-state index in [-0.39, 0.29) is 24.6 Å². The lowest BCUT2D eigenvalue weighted by Crippen LogP contribution is -2.51. The Labute approximate surface area is 200 Å². The molecule has 0 fully saturated rings. The van der Waals surface area contributed by atoms with Gasteiger partial charge in [-0.1, -0.05) is 30.3 Å². The monoisotopic (exact) mass is 480 g/mol. The number of ether oxygens (including phenoxy) is 2. The summed E-state index contributed by atoms with van der Waals surface area (Å²) in [5.74, 6) is 0.682. The number of anilines is 1. The number of benzene rings is 3. The third-order valence-corrected chi connectivity index (χ3v) is 7.55. The zero-order valence-corrected chi connectivity index (χ0v) is 20.3. The first kappa shape index (κ1) is 23.6. The first-order valence-electron chi connectivity index (χ1n) is 11.1. The molecular weight excluding hydrogens is 452 g/mol. The van der Waals surface area contributed by atoms with Crippen molar-refractivity contribution >= 4 is 21.6 Å². The largest absolute Gasteiger partial charge is 0.492 e. The van der Waals surface area contributed by atoms with Crippen molar-refractivity contribution in [2.45, 2.75) is 31.8 Å². The van der Waals surface area contributed by atoms with Crippen LogP contribution >= 0.6 is 0 Å². The van der Waals surface area contributed by atoms with E-state index in [1.54, 1.807) is 42.5 Å². The number of carbonyl (C=O) groups is 1. The second-order valence-corrected chi connectivity index (χ2v) is 10.2. The van der Waals surface area contributed by atoms with Crippen molar-refractivity contribution in [3.63, 3.8) is 0 Å². The van der Waals surface area contributed by atoms with E-state index in [4.69, 9.17) is 9.47 Å². The Hall–Kier alpha value is -3.52. The number of aryl methyl sites for hydroxylation is 3. The van der Waals surface area contributed by atoms with Crippen LogP contribution in [-0.4, -0.2) is 40.1 Å². The van der Waals surface area contributed by atoms with E-state index in [0.717, 1.165) is 16.9 Å². The van der Waals surface area contributed by atoms with Gasteiger partial charge in [0.15, 0.2) is 6.10 Å². The number of nitrogens with zero attached hydrogens (tertiary/aromatic N) is 1. The van der Waals surface area contributed by atoms with Gasteiger partial charge in [-0.3, -0.25) is 9.10 Å². The van der Waals surface area contributed by atoms with Crippen LogP contribution in [0.2, 0.25) is 0 Å². The minimum atomic E-state index is -3.88. The summed E-state index contributed by atoms with van der Waals surface area (Å²) in [5.41, 5.74) is 3.62. The highest BCUT2D eigenvalue weighted by Gasteiger charge is 2.37. The first-order chi connectivity index (χ1) is 16.3. The van der Waals surface area contributed by atoms with E-state index in [0.29, 0.717) is 11.4 Å². The van der Waals surface area contributed by atoms with Crippen molar-refractivity contribution in [3.8, 4) is 11.5 Å². The summed E-state index contributed by atoms with van der Waals surface area (Å²) in [7, 11) is -3.88. The molecule has 0 saturated heterocycles. The molecule has 0 spiro atoms. The van der Waals surface area contributed by atoms with Crippen LogP contribution in [0.1, 0.15) is 16.7 Å². The van der Waals surface area contributed by atoms with Gasteiger partial charge in [0, 0.05) is 0 Å². The van der Waals surface area contributed by atoms with Crippen molar-refractivity contribution in [1.29, 1.82) is 0 Å². The molecule has 0 saturated carbocycles. The fourth-order valence-corrected chi connectivity index (χ4v) is 5.19. The summed E-state index contributed by atoms with van der Waals surface area (Å²) >= 11 is 0. The third kappa shape index (κ3) is 5.02. The maximum atomic E-state index is 13.4. The Morgan fingerprint density at radius 1 is 1.03 bits per heavy atom. The Kier molecular flexibility index (Phi) is 6.79. The molecule has 3 aromatic carbocycles. The molecule has 8 heteroatoms. The van der Waals surface area contributed by atoms with Crippen LogP contribution in [0.15, 0.2) is 71.6 Å². The van der Waals surface area contributed by atoms with Crippen molar-refractivity contribution in [1.82, 2.24) is 5.32 Å². The number of hydrogen-bond donors (Lipinski definition) is 1. The van der Waals surface area contributed by atoms with Gasteiger partial charge < -0.3 is 14.8 Å². The molecule has 4 rings (SSSR count). The molecule has 1 amide bonds. The fraction of sp³-hybridized carbons (Fsp3) is 0.269. The molecular formula is C26H28N2O5S. The molecule has 0 radical (unpaired) electrons. The standard InChI is InChI=1S/C26H28N2O5S/c1-18-9-12-24-23(15-18)28(34(30,31)22-7-5-4-6-8-22)17-25(33-24)26(29)27-13-14-32-21-11-10-19(2)20(3)16-21/h4-12,15-16,25H,13-14,17H2,1-3H3,(H,27,29). The summed E-state index contributed by atoms with van der Waals surface area (Å²) in [4.78, 5) is 13.0. The van der Waals surface area contributed by atoms with Crippen LogP contribution in [0.5, 0.6) is 11.5 Å². The number of carbonyl (C=O) groups excluding carboxylic acids is 1. The molecule has 7 nitrogen and oxygen atoms in total. The minimum Gasteiger partial charge on any atom is -0.492 e. The molecule has 1 unspecified atom stereocenters. The molecule has 0 bridgehead atoms. The zero-order valence-electron chi connectivity index (χ0n) is 19.4. The Balaban J connectivity index is 1.47. The summed E-state index contributed by atoms with van der Waals surface area (Å²) in [6, 6.07) is 19.3. The average molecular weight is 481 g/mol. The number of fused-ring (bicyclic) bond motifs is 1. The first-order valence-corrected chi connectivity index (χ1v) is 12.5. The maximum Gasteiger partial charge on any atom is 0.264 e. The molecule has 0 aliphatic carbocycles. The molecule has 1 aliphatic rings. The van der Waals surface area contributed by atoms with Gasteiger partial charge in [-0.05, 0) is 73.9 Å². The lowest BCUT2D eigenvalue weighted by Gasteiger charge is -2.35. The van der Waals surface area contributed by atoms with Crippen molar-refractivity contribution < 1.29 is 22.7 Å². The summed E-state index contributed by atoms with van der Waals surface area (Å²) in [6.07, 6.45) is -0.990. The third-order valence-electron chi connectivity index (χ3n) is 5.76. The summed E-state index contributed by atoms with van der Waals surface area (Å²) in [5, 5.41) is 2.79. The van der Waals surface area contributed by atoms with Gasteiger partial charge in [0.25, 0.3) is 15.9 Å². The molecule has 178 valence electrons. The SMILES string of the molecule is Cc1ccc2c(c1)N(S(=O)(=O)c1ccccc1)CC(C(=O)NCCOc1ccc(C)c(C)c1)O2. The van der Waals surface area contributed by atoms with E-state index < -0.39 is 22.0 Å². The van der Waals surface area contributed by atoms with E-state index in [9.17, 15) is 13.2 Å². The highest BCUT2D eigenvalue weighted by molar-refractivity contribution is 7.92. The van der Waals surface area contributed by atoms with Crippen molar-refractivity contribution in [2.24, 2.45) is 0 Å². The highest BCUT2D eigenvalue weighted by Crippen LogP contribution is 2.37. The normalized spacial score (nSPS) is 15.3. The summed E-state index contributed by atoms with van der Waals surface area (Å²) < 4.78 is 39.7. The van der Waals surface area contributed by atoms with Gasteiger partial charge in [0.1, 0.15) is 18.1 Å². The van der Waals surface area contributed by atoms with Gasteiger partial charge in [0.2, 0.25) is 0 Å². The number of rotatable bonds is 7. The lowest BCUT2D eigenvalue weighted by atomic mass is 10.1. The topological polar surface area (TPSA) is 84.9 Å². The molecule has 1 N–H and O–H groups in total. The molecule has 1 atom stereocenters. The van der Waals surface area contributed by atoms with Gasteiger partial charge in [-0.25, -0.2) is 8.42 Å². The van der Waals surface area contributed by atoms with Crippen LogP contribution in [-0.2, 0) is 14.8 Å². The quantitative estimate of drug-likeness (QED) is 0.521. The van der Waals surface area contributed by atoms with Gasteiger partial charge in [-0.15, -0.1) is 0 Å². The van der Waals surface area contributed by atoms with Crippen LogP contribution < -0.4 is 19.1 Å². The van der Waals surface area contributed by atoms with Crippen molar-refractivity contribution in [2.75, 3.05) is 24.0 Å². The van der Waals surface area contributed by atoms with Crippen LogP contribution in [0, 0.1) is 20.8 Å². The number of nitrogens with one attached hydrogen (secondary N) is 1. The fourth-order valence-electron chi connectivity index (χ4n) is 3.71. The summed E-state index contributed by atoms with van der Waals surface area (Å²) in [6.45, 7) is 6.34. The van der Waals surface area contributed by atoms with Gasteiger partial charge in [-0.2, -0.15) is 0 Å². The minimum absolute atomic E-state index is 0.127. The van der Waals surface area contributed by atoms with Crippen LogP contribution in [0.25, 0.3) is 0 Å². The maximum absolute atomic E-state index is 13.4. The Morgan fingerprint density at radius 3 is 2.53 bits per heavy atom. The smallest absolute Gasteiger partial charge is 0.264 e. The second-order valence-electron chi connectivity index (χ2n) is 8.31. The average Bonchev–Trinajstić information content (AvgIpc) is 2.83. The molecule has 1 aliphatic heterocycles. The van der Waals surface area contributed by atoms with Gasteiger partial charge >= 0.3 is 0 Å². The Bertz CT molecular complexity index is 1290. The van der Waals surface area contributed by atoms with E-state index in [2.05, 4.69) is 5.32 Å². The van der Waals surface area contributed by atoms with E-state index in [1.165, 1.54) is 9.87 Å². The van der Waals surface area contributed by atoms with Crippen molar-refractivity contribution in [3.05, 3.63) is 83.4 Å². The second kappa shape index (κ2) is 9.77. The predicted molar refractivity (Wildman–Crippen MR) is 131 cm³/mol. The number of amides is 1. The zero-order chi connectivity index (χ0) is 24.3. The highest BCUT2D eigenvalue weighted by atomic mass is 32.2. The molecule has 1 heterocycles. The number of hydrogen-bond acceptors (Lipinski definition) is 5. The molecule has 3 aromatic rings. The Morgan fingerprint density at radius 2 is 1.79 bits per heavy atom. The van der Waals surface area contributed by atoms with E-state index >= 15 is 0 Å². The lowest BCUT2D eigenvalue weighted by molar-refractivity contribution is -0.127.